The zero-order valence-corrected chi connectivity index (χ0v) is 11.6. The third kappa shape index (κ3) is 2.52. The third-order valence-electron chi connectivity index (χ3n) is 3.17. The van der Waals surface area contributed by atoms with Crippen LogP contribution >= 0.6 is 11.6 Å². The molecule has 1 unspecified atom stereocenters. The molecular formula is C14H18ClN3O. The molecule has 1 atom stereocenters. The molecule has 1 aromatic heterocycles. The van der Waals surface area contributed by atoms with Crippen molar-refractivity contribution < 1.29 is 5.11 Å². The maximum atomic E-state index is 11.0. The van der Waals surface area contributed by atoms with Crippen LogP contribution in [-0.4, -0.2) is 21.4 Å². The van der Waals surface area contributed by atoms with E-state index in [0.717, 1.165) is 12.0 Å². The summed E-state index contributed by atoms with van der Waals surface area (Å²) in [4.78, 5) is 0. The van der Waals surface area contributed by atoms with E-state index in [1.807, 2.05) is 37.3 Å². The fourth-order valence-electron chi connectivity index (χ4n) is 2.22. The lowest BCUT2D eigenvalue weighted by Gasteiger charge is -2.28. The molecule has 5 heteroatoms. The average molecular weight is 280 g/mol. The van der Waals surface area contributed by atoms with Gasteiger partial charge in [0.2, 0.25) is 0 Å². The van der Waals surface area contributed by atoms with Gasteiger partial charge in [0.25, 0.3) is 0 Å². The maximum Gasteiger partial charge on any atom is 0.145 e. The van der Waals surface area contributed by atoms with Gasteiger partial charge in [0, 0.05) is 13.1 Å². The highest BCUT2D eigenvalue weighted by molar-refractivity contribution is 6.31. The minimum atomic E-state index is -1.32. The Bertz CT molecular complexity index is 541. The molecule has 0 aliphatic carbocycles. The molecule has 0 fully saturated rings. The number of nitrogens with zero attached hydrogens (tertiary/aromatic N) is 2. The van der Waals surface area contributed by atoms with Crippen molar-refractivity contribution in [1.82, 2.24) is 9.78 Å². The molecule has 0 saturated heterocycles. The van der Waals surface area contributed by atoms with Gasteiger partial charge in [-0.1, -0.05) is 48.9 Å². The normalized spacial score (nSPS) is 14.3. The Morgan fingerprint density at radius 2 is 2.05 bits per heavy atom. The van der Waals surface area contributed by atoms with Crippen molar-refractivity contribution in [2.75, 3.05) is 6.54 Å². The molecule has 0 aliphatic heterocycles. The largest absolute Gasteiger partial charge is 0.377 e. The number of halogens is 1. The topological polar surface area (TPSA) is 64.1 Å². The van der Waals surface area contributed by atoms with Crippen molar-refractivity contribution in [3.63, 3.8) is 0 Å². The minimum absolute atomic E-state index is 0.0478. The molecule has 1 heterocycles. The molecule has 2 rings (SSSR count). The fraction of sp³-hybridized carbons (Fsp3) is 0.357. The zero-order chi connectivity index (χ0) is 13.9. The number of nitrogens with two attached hydrogens (primary N) is 1. The lowest BCUT2D eigenvalue weighted by molar-refractivity contribution is 0.0799. The van der Waals surface area contributed by atoms with Gasteiger partial charge in [-0.05, 0) is 12.0 Å². The Balaban J connectivity index is 2.56. The summed E-state index contributed by atoms with van der Waals surface area (Å²) in [7, 11) is 0. The molecule has 0 spiro atoms. The number of rotatable bonds is 5. The van der Waals surface area contributed by atoms with Crippen LogP contribution in [0.4, 0.5) is 0 Å². The van der Waals surface area contributed by atoms with Crippen LogP contribution in [0.25, 0.3) is 0 Å². The molecule has 0 radical (unpaired) electrons. The second-order valence-corrected chi connectivity index (χ2v) is 4.90. The van der Waals surface area contributed by atoms with Crippen LogP contribution in [0.15, 0.2) is 36.5 Å². The lowest BCUT2D eigenvalue weighted by Crippen LogP contribution is -2.38. The van der Waals surface area contributed by atoms with E-state index in [0.29, 0.717) is 17.3 Å². The molecule has 102 valence electrons. The third-order valence-corrected chi connectivity index (χ3v) is 3.45. The average Bonchev–Trinajstić information content (AvgIpc) is 2.81. The number of hydrogen-bond donors (Lipinski definition) is 2. The van der Waals surface area contributed by atoms with E-state index in [2.05, 4.69) is 5.10 Å². The van der Waals surface area contributed by atoms with Crippen LogP contribution in [0.2, 0.25) is 5.02 Å². The summed E-state index contributed by atoms with van der Waals surface area (Å²) in [5.41, 5.74) is 5.78. The second-order valence-electron chi connectivity index (χ2n) is 4.49. The summed E-state index contributed by atoms with van der Waals surface area (Å²) in [6, 6.07) is 9.30. The van der Waals surface area contributed by atoms with Crippen molar-refractivity contribution >= 4 is 11.6 Å². The molecule has 3 N–H and O–H groups in total. The first kappa shape index (κ1) is 14.1. The highest BCUT2D eigenvalue weighted by Gasteiger charge is 2.35. The van der Waals surface area contributed by atoms with E-state index in [-0.39, 0.29) is 6.54 Å². The number of aliphatic hydroxyl groups is 1. The Morgan fingerprint density at radius 1 is 1.37 bits per heavy atom. The summed E-state index contributed by atoms with van der Waals surface area (Å²) in [6.45, 7) is 2.78. The first-order chi connectivity index (χ1) is 9.13. The van der Waals surface area contributed by atoms with E-state index in [1.54, 1.807) is 10.9 Å². The highest BCUT2D eigenvalue weighted by Crippen LogP contribution is 2.33. The number of aromatic nitrogens is 2. The Labute approximate surface area is 117 Å². The molecule has 1 aromatic carbocycles. The first-order valence-corrected chi connectivity index (χ1v) is 6.71. The SMILES string of the molecule is CCCn1ncc(Cl)c1C(O)(CN)c1ccccc1. The van der Waals surface area contributed by atoms with Gasteiger partial charge in [-0.25, -0.2) is 0 Å². The van der Waals surface area contributed by atoms with E-state index in [4.69, 9.17) is 17.3 Å². The van der Waals surface area contributed by atoms with E-state index in [1.165, 1.54) is 0 Å². The standard InChI is InChI=1S/C14H18ClN3O/c1-2-8-18-13(12(15)9-17-18)14(19,10-16)11-6-4-3-5-7-11/h3-7,9,19H,2,8,10,16H2,1H3. The van der Waals surface area contributed by atoms with Crippen LogP contribution < -0.4 is 5.73 Å². The molecule has 0 aliphatic rings. The Kier molecular flexibility index (Phi) is 4.24. The number of hydrogen-bond acceptors (Lipinski definition) is 3. The predicted octanol–water partition coefficient (Wildman–Crippen LogP) is 2.14. The highest BCUT2D eigenvalue weighted by atomic mass is 35.5. The predicted molar refractivity (Wildman–Crippen MR) is 76.0 cm³/mol. The zero-order valence-electron chi connectivity index (χ0n) is 10.9. The van der Waals surface area contributed by atoms with Crippen LogP contribution in [-0.2, 0) is 12.1 Å². The summed E-state index contributed by atoms with van der Waals surface area (Å²) in [5.74, 6) is 0. The van der Waals surface area contributed by atoms with Crippen molar-refractivity contribution in [3.05, 3.63) is 52.8 Å². The van der Waals surface area contributed by atoms with Crippen LogP contribution in [0, 0.1) is 0 Å². The van der Waals surface area contributed by atoms with Gasteiger partial charge in [0.1, 0.15) is 5.60 Å². The van der Waals surface area contributed by atoms with Crippen LogP contribution in [0.1, 0.15) is 24.6 Å². The second kappa shape index (κ2) is 5.74. The Morgan fingerprint density at radius 3 is 2.63 bits per heavy atom. The summed E-state index contributed by atoms with van der Waals surface area (Å²) in [5, 5.41) is 15.6. The van der Waals surface area contributed by atoms with Crippen LogP contribution in [0.3, 0.4) is 0 Å². The van der Waals surface area contributed by atoms with Gasteiger partial charge >= 0.3 is 0 Å². The van der Waals surface area contributed by atoms with E-state index < -0.39 is 5.60 Å². The molecule has 0 bridgehead atoms. The quantitative estimate of drug-likeness (QED) is 0.881. The smallest absolute Gasteiger partial charge is 0.145 e. The van der Waals surface area contributed by atoms with Gasteiger partial charge in [-0.2, -0.15) is 5.10 Å². The molecule has 0 saturated carbocycles. The Hall–Kier alpha value is -1.36. The van der Waals surface area contributed by atoms with E-state index in [9.17, 15) is 5.11 Å². The lowest BCUT2D eigenvalue weighted by atomic mass is 9.90. The van der Waals surface area contributed by atoms with Gasteiger partial charge in [0.05, 0.1) is 16.9 Å². The van der Waals surface area contributed by atoms with E-state index >= 15 is 0 Å². The molecule has 19 heavy (non-hydrogen) atoms. The van der Waals surface area contributed by atoms with Crippen molar-refractivity contribution in [2.24, 2.45) is 5.73 Å². The molecular weight excluding hydrogens is 262 g/mol. The monoisotopic (exact) mass is 279 g/mol. The fourth-order valence-corrected chi connectivity index (χ4v) is 2.52. The minimum Gasteiger partial charge on any atom is -0.377 e. The molecule has 4 nitrogen and oxygen atoms in total. The van der Waals surface area contributed by atoms with Gasteiger partial charge in [-0.15, -0.1) is 0 Å². The summed E-state index contributed by atoms with van der Waals surface area (Å²) in [6.07, 6.45) is 2.45. The van der Waals surface area contributed by atoms with Crippen molar-refractivity contribution in [3.8, 4) is 0 Å². The summed E-state index contributed by atoms with van der Waals surface area (Å²) >= 11 is 6.19. The number of benzene rings is 1. The molecule has 2 aromatic rings. The molecule has 0 amide bonds. The van der Waals surface area contributed by atoms with Gasteiger partial charge in [-0.3, -0.25) is 4.68 Å². The number of aryl methyl sites for hydroxylation is 1. The van der Waals surface area contributed by atoms with Gasteiger partial charge < -0.3 is 10.8 Å². The van der Waals surface area contributed by atoms with Crippen molar-refractivity contribution in [2.45, 2.75) is 25.5 Å². The first-order valence-electron chi connectivity index (χ1n) is 6.33. The summed E-state index contributed by atoms with van der Waals surface area (Å²) < 4.78 is 1.72. The van der Waals surface area contributed by atoms with Crippen molar-refractivity contribution in [1.29, 1.82) is 0 Å². The van der Waals surface area contributed by atoms with Crippen LogP contribution in [0.5, 0.6) is 0 Å². The maximum absolute atomic E-state index is 11.0. The van der Waals surface area contributed by atoms with Gasteiger partial charge in [0.15, 0.2) is 0 Å².